The predicted octanol–water partition coefficient (Wildman–Crippen LogP) is 0.0314. The van der Waals surface area contributed by atoms with Crippen molar-refractivity contribution in [1.82, 2.24) is 8.61 Å². The molecule has 0 radical (unpaired) electrons. The quantitative estimate of drug-likeness (QED) is 0.280. The van der Waals surface area contributed by atoms with Gasteiger partial charge in [-0.2, -0.15) is 17.0 Å². The molecule has 0 saturated carbocycles. The van der Waals surface area contributed by atoms with Crippen LogP contribution in [0.5, 0.6) is 0 Å². The summed E-state index contributed by atoms with van der Waals surface area (Å²) in [5.41, 5.74) is 5.33. The van der Waals surface area contributed by atoms with Gasteiger partial charge in [0, 0.05) is 32.6 Å². The second-order valence-electron chi connectivity index (χ2n) is 3.43. The Morgan fingerprint density at radius 3 is 2.00 bits per heavy atom. The van der Waals surface area contributed by atoms with Crippen LogP contribution < -0.4 is 5.73 Å². The molecule has 0 aromatic rings. The molecule has 0 aliphatic carbocycles. The lowest BCUT2D eigenvalue weighted by atomic mass is 10.4. The SMILES string of the molecule is CCN(CC)S(=O)(=O)N(CC)CCC(N)=NO. The number of rotatable bonds is 8. The Bertz CT molecular complexity index is 338. The van der Waals surface area contributed by atoms with Crippen LogP contribution in [0.3, 0.4) is 0 Å². The van der Waals surface area contributed by atoms with Gasteiger partial charge in [0.2, 0.25) is 0 Å². The van der Waals surface area contributed by atoms with E-state index in [1.54, 1.807) is 20.8 Å². The first kappa shape index (κ1) is 16.1. The maximum atomic E-state index is 12.1. The Hall–Kier alpha value is -0.860. The number of nitrogens with zero attached hydrogens (tertiary/aromatic N) is 3. The molecule has 17 heavy (non-hydrogen) atoms. The first-order valence-electron chi connectivity index (χ1n) is 5.65. The van der Waals surface area contributed by atoms with Crippen LogP contribution in [-0.4, -0.2) is 54.3 Å². The molecule has 3 N–H and O–H groups in total. The molecular weight excluding hydrogens is 244 g/mol. The van der Waals surface area contributed by atoms with Gasteiger partial charge in [0.25, 0.3) is 10.2 Å². The maximum Gasteiger partial charge on any atom is 0.281 e. The van der Waals surface area contributed by atoms with Crippen LogP contribution in [0.15, 0.2) is 5.16 Å². The lowest BCUT2D eigenvalue weighted by Gasteiger charge is -2.27. The smallest absolute Gasteiger partial charge is 0.281 e. The highest BCUT2D eigenvalue weighted by atomic mass is 32.2. The average molecular weight is 266 g/mol. The summed E-state index contributed by atoms with van der Waals surface area (Å²) in [7, 11) is -3.44. The summed E-state index contributed by atoms with van der Waals surface area (Å²) >= 11 is 0. The first-order chi connectivity index (χ1) is 7.93. The van der Waals surface area contributed by atoms with E-state index in [-0.39, 0.29) is 18.8 Å². The van der Waals surface area contributed by atoms with Gasteiger partial charge in [0.15, 0.2) is 0 Å². The zero-order valence-electron chi connectivity index (χ0n) is 10.6. The molecule has 0 aromatic heterocycles. The number of hydrogen-bond donors (Lipinski definition) is 2. The van der Waals surface area contributed by atoms with Crippen molar-refractivity contribution in [1.29, 1.82) is 0 Å². The third-order valence-corrected chi connectivity index (χ3v) is 4.72. The van der Waals surface area contributed by atoms with Gasteiger partial charge in [-0.1, -0.05) is 25.9 Å². The van der Waals surface area contributed by atoms with Gasteiger partial charge in [-0.05, 0) is 0 Å². The van der Waals surface area contributed by atoms with Crippen molar-refractivity contribution in [3.8, 4) is 0 Å². The largest absolute Gasteiger partial charge is 0.409 e. The van der Waals surface area contributed by atoms with Crippen LogP contribution in [0.25, 0.3) is 0 Å². The Morgan fingerprint density at radius 2 is 1.65 bits per heavy atom. The summed E-state index contributed by atoms with van der Waals surface area (Å²) in [6.45, 7) is 6.77. The van der Waals surface area contributed by atoms with Gasteiger partial charge in [-0.15, -0.1) is 0 Å². The van der Waals surface area contributed by atoms with Crippen LogP contribution in [0.2, 0.25) is 0 Å². The molecule has 0 amide bonds. The van der Waals surface area contributed by atoms with Gasteiger partial charge in [-0.25, -0.2) is 0 Å². The fourth-order valence-corrected chi connectivity index (χ4v) is 3.07. The summed E-state index contributed by atoms with van der Waals surface area (Å²) in [6.07, 6.45) is 0.213. The molecule has 0 heterocycles. The highest BCUT2D eigenvalue weighted by Gasteiger charge is 2.26. The standard InChI is InChI=1S/C9H22N4O3S/c1-4-12(5-2)17(15,16)13(6-3)8-7-9(10)11-14/h14H,4-8H2,1-3H3,(H2,10,11). The number of nitrogens with two attached hydrogens (primary N) is 1. The zero-order valence-corrected chi connectivity index (χ0v) is 11.4. The highest BCUT2D eigenvalue weighted by molar-refractivity contribution is 7.86. The van der Waals surface area contributed by atoms with Crippen molar-refractivity contribution in [2.24, 2.45) is 10.9 Å². The van der Waals surface area contributed by atoms with Crippen molar-refractivity contribution in [3.05, 3.63) is 0 Å². The van der Waals surface area contributed by atoms with Gasteiger partial charge < -0.3 is 10.9 Å². The molecule has 0 saturated heterocycles. The van der Waals surface area contributed by atoms with Crippen molar-refractivity contribution >= 4 is 16.0 Å². The normalized spacial score (nSPS) is 13.6. The maximum absolute atomic E-state index is 12.1. The molecule has 0 aromatic carbocycles. The minimum Gasteiger partial charge on any atom is -0.409 e. The summed E-state index contributed by atoms with van der Waals surface area (Å²) in [6, 6.07) is 0. The van der Waals surface area contributed by atoms with Crippen LogP contribution >= 0.6 is 0 Å². The second kappa shape index (κ2) is 7.46. The first-order valence-corrected chi connectivity index (χ1v) is 7.05. The van der Waals surface area contributed by atoms with E-state index in [0.29, 0.717) is 19.6 Å². The van der Waals surface area contributed by atoms with E-state index >= 15 is 0 Å². The third kappa shape index (κ3) is 4.49. The van der Waals surface area contributed by atoms with E-state index in [2.05, 4.69) is 5.16 Å². The van der Waals surface area contributed by atoms with E-state index in [4.69, 9.17) is 10.9 Å². The Labute approximate surface area is 103 Å². The van der Waals surface area contributed by atoms with E-state index in [1.165, 1.54) is 8.61 Å². The van der Waals surface area contributed by atoms with Crippen LogP contribution in [-0.2, 0) is 10.2 Å². The highest BCUT2D eigenvalue weighted by Crippen LogP contribution is 2.08. The van der Waals surface area contributed by atoms with Crippen LogP contribution in [0.1, 0.15) is 27.2 Å². The zero-order chi connectivity index (χ0) is 13.5. The molecule has 102 valence electrons. The lowest BCUT2D eigenvalue weighted by molar-refractivity contribution is 0.314. The van der Waals surface area contributed by atoms with Gasteiger partial charge in [0.05, 0.1) is 0 Å². The van der Waals surface area contributed by atoms with E-state index < -0.39 is 10.2 Å². The molecule has 0 bridgehead atoms. The van der Waals surface area contributed by atoms with E-state index in [1.807, 2.05) is 0 Å². The van der Waals surface area contributed by atoms with Crippen LogP contribution in [0, 0.1) is 0 Å². The number of amidine groups is 1. The molecule has 0 aliphatic heterocycles. The van der Waals surface area contributed by atoms with E-state index in [0.717, 1.165) is 0 Å². The topological polar surface area (TPSA) is 99.2 Å². The van der Waals surface area contributed by atoms with Crippen molar-refractivity contribution in [2.75, 3.05) is 26.2 Å². The Balaban J connectivity index is 4.75. The van der Waals surface area contributed by atoms with Crippen molar-refractivity contribution in [3.63, 3.8) is 0 Å². The molecule has 7 nitrogen and oxygen atoms in total. The molecule has 0 aliphatic rings. The summed E-state index contributed by atoms with van der Waals surface area (Å²) in [4.78, 5) is 0. The predicted molar refractivity (Wildman–Crippen MR) is 67.1 cm³/mol. The van der Waals surface area contributed by atoms with Gasteiger partial charge >= 0.3 is 0 Å². The molecule has 8 heteroatoms. The minimum absolute atomic E-state index is 0.0261. The fraction of sp³-hybridized carbons (Fsp3) is 0.889. The fourth-order valence-electron chi connectivity index (χ4n) is 1.44. The van der Waals surface area contributed by atoms with Gasteiger partial charge in [-0.3, -0.25) is 0 Å². The molecular formula is C9H22N4O3S. The average Bonchev–Trinajstić information content (AvgIpc) is 2.30. The monoisotopic (exact) mass is 266 g/mol. The molecule has 0 unspecified atom stereocenters. The Kier molecular flexibility index (Phi) is 7.09. The summed E-state index contributed by atoms with van der Waals surface area (Å²) in [5, 5.41) is 11.2. The van der Waals surface area contributed by atoms with Gasteiger partial charge in [0.1, 0.15) is 5.84 Å². The van der Waals surface area contributed by atoms with E-state index in [9.17, 15) is 8.42 Å². The number of oxime groups is 1. The van der Waals surface area contributed by atoms with Crippen molar-refractivity contribution < 1.29 is 13.6 Å². The Morgan fingerprint density at radius 1 is 1.18 bits per heavy atom. The lowest BCUT2D eigenvalue weighted by Crippen LogP contribution is -2.44. The molecule has 0 fully saturated rings. The third-order valence-electron chi connectivity index (χ3n) is 2.46. The molecule has 0 spiro atoms. The molecule has 0 rings (SSSR count). The van der Waals surface area contributed by atoms with Crippen LogP contribution in [0.4, 0.5) is 0 Å². The minimum atomic E-state index is -3.44. The van der Waals surface area contributed by atoms with Crippen molar-refractivity contribution in [2.45, 2.75) is 27.2 Å². The second-order valence-corrected chi connectivity index (χ2v) is 5.35. The summed E-state index contributed by atoms with van der Waals surface area (Å²) in [5.74, 6) is 0.0261. The number of hydrogen-bond acceptors (Lipinski definition) is 4. The summed E-state index contributed by atoms with van der Waals surface area (Å²) < 4.78 is 27.0. The molecule has 0 atom stereocenters.